The minimum absolute atomic E-state index is 0.0481. The van der Waals surface area contributed by atoms with Gasteiger partial charge in [-0.2, -0.15) is 0 Å². The van der Waals surface area contributed by atoms with Crippen molar-refractivity contribution in [2.24, 2.45) is 0 Å². The Bertz CT molecular complexity index is 836. The van der Waals surface area contributed by atoms with Crippen molar-refractivity contribution in [1.29, 1.82) is 0 Å². The van der Waals surface area contributed by atoms with Crippen molar-refractivity contribution in [3.05, 3.63) is 65.7 Å². The van der Waals surface area contributed by atoms with E-state index in [2.05, 4.69) is 17.4 Å². The zero-order chi connectivity index (χ0) is 20.0. The molecule has 1 N–H and O–H groups in total. The molecule has 0 saturated heterocycles. The highest BCUT2D eigenvalue weighted by Gasteiger charge is 2.36. The summed E-state index contributed by atoms with van der Waals surface area (Å²) in [4.78, 5) is 12.5. The number of benzene rings is 2. The first-order valence-electron chi connectivity index (χ1n) is 9.82. The van der Waals surface area contributed by atoms with Crippen LogP contribution in [0.2, 0.25) is 0 Å². The van der Waals surface area contributed by atoms with E-state index in [4.69, 9.17) is 9.47 Å². The monoisotopic (exact) mass is 379 g/mol. The van der Waals surface area contributed by atoms with Gasteiger partial charge in [0, 0.05) is 18.0 Å². The summed E-state index contributed by atoms with van der Waals surface area (Å²) in [5.41, 5.74) is 3.17. The fourth-order valence-corrected chi connectivity index (χ4v) is 4.07. The highest BCUT2D eigenvalue weighted by atomic mass is 16.5. The molecule has 2 aromatic carbocycles. The lowest BCUT2D eigenvalue weighted by atomic mass is 9.78. The van der Waals surface area contributed by atoms with Gasteiger partial charge in [-0.15, -0.1) is 0 Å². The third kappa shape index (κ3) is 4.38. The second-order valence-electron chi connectivity index (χ2n) is 7.47. The lowest BCUT2D eigenvalue weighted by Crippen LogP contribution is -2.38. The van der Waals surface area contributed by atoms with Gasteiger partial charge in [0.15, 0.2) is 11.5 Å². The Hall–Kier alpha value is -2.75. The Morgan fingerprint density at radius 3 is 2.36 bits per heavy atom. The van der Waals surface area contributed by atoms with Gasteiger partial charge >= 0.3 is 0 Å². The molecule has 148 valence electrons. The molecule has 1 amide bonds. The summed E-state index contributed by atoms with van der Waals surface area (Å²) in [5, 5.41) is 3.14. The molecule has 1 aliphatic carbocycles. The third-order valence-corrected chi connectivity index (χ3v) is 5.73. The molecule has 4 nitrogen and oxygen atoms in total. The third-order valence-electron chi connectivity index (χ3n) is 5.73. The van der Waals surface area contributed by atoms with E-state index in [1.807, 2.05) is 43.3 Å². The molecular formula is C24H29NO3. The van der Waals surface area contributed by atoms with E-state index in [0.717, 1.165) is 35.5 Å². The van der Waals surface area contributed by atoms with Gasteiger partial charge in [-0.3, -0.25) is 4.79 Å². The van der Waals surface area contributed by atoms with Gasteiger partial charge in [0.05, 0.1) is 14.2 Å². The maximum absolute atomic E-state index is 12.5. The Balaban J connectivity index is 1.75. The van der Waals surface area contributed by atoms with E-state index >= 15 is 0 Å². The molecule has 0 aromatic heterocycles. The molecule has 1 saturated carbocycles. The predicted octanol–water partition coefficient (Wildman–Crippen LogP) is 4.74. The Kier molecular flexibility index (Phi) is 6.40. The number of hydrogen-bond acceptors (Lipinski definition) is 3. The summed E-state index contributed by atoms with van der Waals surface area (Å²) < 4.78 is 10.9. The number of allylic oxidation sites excluding steroid dienone is 1. The molecule has 0 spiro atoms. The fourth-order valence-electron chi connectivity index (χ4n) is 4.07. The molecule has 4 heteroatoms. The van der Waals surface area contributed by atoms with Crippen LogP contribution in [0.3, 0.4) is 0 Å². The molecule has 28 heavy (non-hydrogen) atoms. The van der Waals surface area contributed by atoms with Crippen molar-refractivity contribution >= 4 is 11.5 Å². The minimum Gasteiger partial charge on any atom is -0.493 e. The minimum atomic E-state index is -0.0519. The van der Waals surface area contributed by atoms with Crippen molar-refractivity contribution in [3.8, 4) is 11.5 Å². The molecule has 2 aromatic rings. The van der Waals surface area contributed by atoms with Crippen LogP contribution in [-0.4, -0.2) is 26.7 Å². The van der Waals surface area contributed by atoms with E-state index in [1.165, 1.54) is 18.4 Å². The van der Waals surface area contributed by atoms with Crippen LogP contribution in [0, 0.1) is 0 Å². The molecule has 0 atom stereocenters. The zero-order valence-electron chi connectivity index (χ0n) is 17.0. The van der Waals surface area contributed by atoms with Crippen LogP contribution in [0.4, 0.5) is 0 Å². The predicted molar refractivity (Wildman–Crippen MR) is 113 cm³/mol. The van der Waals surface area contributed by atoms with E-state index in [0.29, 0.717) is 6.54 Å². The largest absolute Gasteiger partial charge is 0.493 e. The lowest BCUT2D eigenvalue weighted by Gasteiger charge is -2.30. The number of nitrogens with one attached hydrogen (secondary N) is 1. The molecule has 1 aliphatic rings. The smallest absolute Gasteiger partial charge is 0.244 e. The standard InChI is InChI=1S/C24H29NO3/c1-18(19-9-5-4-6-10-19)15-23(26)25-17-24(13-7-8-14-24)20-11-12-21(27-2)22(16-20)28-3/h4-6,9-12,15-16H,7-8,13-14,17H2,1-3H3,(H,25,26)/b18-15-. The summed E-state index contributed by atoms with van der Waals surface area (Å²) >= 11 is 0. The fraction of sp³-hybridized carbons (Fsp3) is 0.375. The highest BCUT2D eigenvalue weighted by molar-refractivity contribution is 5.94. The van der Waals surface area contributed by atoms with Gasteiger partial charge in [-0.25, -0.2) is 0 Å². The van der Waals surface area contributed by atoms with E-state index in [1.54, 1.807) is 20.3 Å². The summed E-state index contributed by atoms with van der Waals surface area (Å²) in [6, 6.07) is 16.1. The van der Waals surface area contributed by atoms with Gasteiger partial charge in [-0.1, -0.05) is 49.2 Å². The van der Waals surface area contributed by atoms with Crippen LogP contribution >= 0.6 is 0 Å². The Labute approximate surface area is 167 Å². The molecule has 1 fully saturated rings. The number of methoxy groups -OCH3 is 2. The zero-order valence-corrected chi connectivity index (χ0v) is 17.0. The quantitative estimate of drug-likeness (QED) is 0.707. The van der Waals surface area contributed by atoms with Gasteiger partial charge in [0.1, 0.15) is 0 Å². The summed E-state index contributed by atoms with van der Waals surface area (Å²) in [5.74, 6) is 1.41. The summed E-state index contributed by atoms with van der Waals surface area (Å²) in [6.07, 6.45) is 6.15. The SMILES string of the molecule is COc1ccc(C2(CNC(=O)/C=C(/C)c3ccccc3)CCCC2)cc1OC. The Morgan fingerprint density at radius 1 is 1.04 bits per heavy atom. The average molecular weight is 380 g/mol. The maximum Gasteiger partial charge on any atom is 0.244 e. The van der Waals surface area contributed by atoms with Crippen LogP contribution in [0.1, 0.15) is 43.7 Å². The molecule has 0 unspecified atom stereocenters. The second kappa shape index (κ2) is 8.96. The number of hydrogen-bond donors (Lipinski definition) is 1. The normalized spacial score (nSPS) is 15.9. The second-order valence-corrected chi connectivity index (χ2v) is 7.47. The first-order chi connectivity index (χ1) is 13.6. The molecule has 0 aliphatic heterocycles. The number of amides is 1. The van der Waals surface area contributed by atoms with Gasteiger partial charge in [-0.05, 0) is 48.6 Å². The van der Waals surface area contributed by atoms with Crippen LogP contribution in [0.25, 0.3) is 5.57 Å². The van der Waals surface area contributed by atoms with Crippen LogP contribution < -0.4 is 14.8 Å². The molecule has 0 heterocycles. The summed E-state index contributed by atoms with van der Waals surface area (Å²) in [6.45, 7) is 2.59. The van der Waals surface area contributed by atoms with Crippen molar-refractivity contribution in [3.63, 3.8) is 0 Å². The van der Waals surface area contributed by atoms with Crippen LogP contribution in [0.15, 0.2) is 54.6 Å². The molecule has 0 bridgehead atoms. The number of carbonyl (C=O) groups is 1. The number of rotatable bonds is 7. The molecular weight excluding hydrogens is 350 g/mol. The molecule has 0 radical (unpaired) electrons. The lowest BCUT2D eigenvalue weighted by molar-refractivity contribution is -0.116. The first kappa shape index (κ1) is 20.0. The highest BCUT2D eigenvalue weighted by Crippen LogP contribution is 2.43. The van der Waals surface area contributed by atoms with Gasteiger partial charge < -0.3 is 14.8 Å². The van der Waals surface area contributed by atoms with Crippen LogP contribution in [-0.2, 0) is 10.2 Å². The van der Waals surface area contributed by atoms with Crippen LogP contribution in [0.5, 0.6) is 11.5 Å². The summed E-state index contributed by atoms with van der Waals surface area (Å²) in [7, 11) is 3.30. The molecule has 3 rings (SSSR count). The van der Waals surface area contributed by atoms with E-state index in [-0.39, 0.29) is 11.3 Å². The van der Waals surface area contributed by atoms with Gasteiger partial charge in [0.2, 0.25) is 5.91 Å². The number of ether oxygens (including phenoxy) is 2. The first-order valence-corrected chi connectivity index (χ1v) is 9.82. The number of carbonyl (C=O) groups excluding carboxylic acids is 1. The Morgan fingerprint density at radius 2 is 1.71 bits per heavy atom. The maximum atomic E-state index is 12.5. The topological polar surface area (TPSA) is 47.6 Å². The van der Waals surface area contributed by atoms with Crippen molar-refractivity contribution in [2.75, 3.05) is 20.8 Å². The van der Waals surface area contributed by atoms with E-state index < -0.39 is 0 Å². The van der Waals surface area contributed by atoms with Crippen molar-refractivity contribution in [2.45, 2.75) is 38.0 Å². The van der Waals surface area contributed by atoms with Gasteiger partial charge in [0.25, 0.3) is 0 Å². The van der Waals surface area contributed by atoms with Crippen molar-refractivity contribution in [1.82, 2.24) is 5.32 Å². The van der Waals surface area contributed by atoms with Crippen molar-refractivity contribution < 1.29 is 14.3 Å². The van der Waals surface area contributed by atoms with E-state index in [9.17, 15) is 4.79 Å². The average Bonchev–Trinajstić information content (AvgIpc) is 3.22.